The van der Waals surface area contributed by atoms with Crippen LogP contribution in [0.25, 0.3) is 0 Å². The van der Waals surface area contributed by atoms with Gasteiger partial charge in [0.15, 0.2) is 0 Å². The largest absolute Gasteiger partial charge is 0.432 e. The van der Waals surface area contributed by atoms with Gasteiger partial charge < -0.3 is 10.2 Å². The average molecular weight is 249 g/mol. The van der Waals surface area contributed by atoms with E-state index in [4.69, 9.17) is 10.2 Å². The lowest BCUT2D eigenvalue weighted by atomic mass is 10.4. The standard InChI is InChI=1S/C4H3F8NO2/c5-1(6,3(9,10)14)13-2(7,8)4(11,12)15/h13-15H. The zero-order valence-corrected chi connectivity index (χ0v) is 6.42. The summed E-state index contributed by atoms with van der Waals surface area (Å²) in [5, 5.41) is 13.9. The van der Waals surface area contributed by atoms with Crippen LogP contribution in [-0.2, 0) is 0 Å². The molecular weight excluding hydrogens is 246 g/mol. The molecule has 0 spiro atoms. The van der Waals surface area contributed by atoms with Crippen LogP contribution in [0, 0.1) is 0 Å². The van der Waals surface area contributed by atoms with Gasteiger partial charge in [-0.15, -0.1) is 0 Å². The third-order valence-corrected chi connectivity index (χ3v) is 1.07. The predicted octanol–water partition coefficient (Wildman–Crippen LogP) is 0.932. The van der Waals surface area contributed by atoms with Gasteiger partial charge in [-0.3, -0.25) is 0 Å². The van der Waals surface area contributed by atoms with Crippen molar-refractivity contribution in [1.29, 1.82) is 0 Å². The summed E-state index contributed by atoms with van der Waals surface area (Å²) >= 11 is 0. The molecule has 0 aromatic heterocycles. The van der Waals surface area contributed by atoms with E-state index >= 15 is 0 Å². The summed E-state index contributed by atoms with van der Waals surface area (Å²) in [6, 6.07) is -12.1. The molecule has 0 fully saturated rings. The van der Waals surface area contributed by atoms with Crippen LogP contribution in [0.4, 0.5) is 35.1 Å². The maximum atomic E-state index is 11.9. The van der Waals surface area contributed by atoms with Gasteiger partial charge in [-0.05, 0) is 0 Å². The van der Waals surface area contributed by atoms with Crippen LogP contribution in [0.2, 0.25) is 0 Å². The van der Waals surface area contributed by atoms with Gasteiger partial charge in [-0.2, -0.15) is 40.4 Å². The van der Waals surface area contributed by atoms with Crippen molar-refractivity contribution < 1.29 is 45.3 Å². The topological polar surface area (TPSA) is 52.5 Å². The van der Waals surface area contributed by atoms with Gasteiger partial charge in [0.25, 0.3) is 0 Å². The Morgan fingerprint density at radius 1 is 0.600 bits per heavy atom. The molecule has 3 nitrogen and oxygen atoms in total. The molecule has 0 aliphatic heterocycles. The van der Waals surface area contributed by atoms with Crippen molar-refractivity contribution in [3.63, 3.8) is 0 Å². The summed E-state index contributed by atoms with van der Waals surface area (Å²) in [6.07, 6.45) is -12.0. The number of hydrogen-bond donors (Lipinski definition) is 3. The van der Waals surface area contributed by atoms with Crippen molar-refractivity contribution in [1.82, 2.24) is 5.32 Å². The molecule has 0 radical (unpaired) electrons. The average Bonchev–Trinajstić information content (AvgIpc) is 1.77. The molecule has 0 unspecified atom stereocenters. The van der Waals surface area contributed by atoms with Crippen LogP contribution in [0.15, 0.2) is 0 Å². The van der Waals surface area contributed by atoms with E-state index in [1.165, 1.54) is 0 Å². The van der Waals surface area contributed by atoms with Crippen molar-refractivity contribution in [3.05, 3.63) is 0 Å². The van der Waals surface area contributed by atoms with Crippen LogP contribution < -0.4 is 5.32 Å². The SMILES string of the molecule is OC(F)(F)C(F)(F)NC(F)(F)C(O)(F)F. The number of hydrogen-bond acceptors (Lipinski definition) is 3. The summed E-state index contributed by atoms with van der Waals surface area (Å²) < 4.78 is 93.7. The molecule has 0 saturated carbocycles. The Bertz CT molecular complexity index is 206. The molecule has 0 aromatic rings. The second kappa shape index (κ2) is 3.42. The maximum absolute atomic E-state index is 11.9. The van der Waals surface area contributed by atoms with E-state index in [0.29, 0.717) is 0 Å². The van der Waals surface area contributed by atoms with Gasteiger partial charge in [0.05, 0.1) is 0 Å². The van der Waals surface area contributed by atoms with E-state index in [1.807, 2.05) is 0 Å². The van der Waals surface area contributed by atoms with Gasteiger partial charge in [0, 0.05) is 0 Å². The lowest BCUT2D eigenvalue weighted by Crippen LogP contribution is -2.64. The first-order valence-electron chi connectivity index (χ1n) is 2.96. The van der Waals surface area contributed by atoms with E-state index in [0.717, 1.165) is 0 Å². The fourth-order valence-electron chi connectivity index (χ4n) is 0.348. The van der Waals surface area contributed by atoms with Crippen molar-refractivity contribution in [2.24, 2.45) is 0 Å². The van der Waals surface area contributed by atoms with Crippen LogP contribution in [-0.4, -0.2) is 34.5 Å². The molecule has 0 rings (SSSR count). The molecular formula is C4H3F8NO2. The highest BCUT2D eigenvalue weighted by atomic mass is 19.3. The van der Waals surface area contributed by atoms with Crippen molar-refractivity contribution >= 4 is 0 Å². The first-order valence-corrected chi connectivity index (χ1v) is 2.96. The number of halogens is 8. The minimum absolute atomic E-state index is 0.854. The fourth-order valence-corrected chi connectivity index (χ4v) is 0.348. The minimum Gasteiger partial charge on any atom is -0.330 e. The zero-order chi connectivity index (χ0) is 12.7. The van der Waals surface area contributed by atoms with Crippen LogP contribution in [0.5, 0.6) is 0 Å². The quantitative estimate of drug-likeness (QED) is 0.513. The van der Waals surface area contributed by atoms with Crippen LogP contribution >= 0.6 is 0 Å². The monoisotopic (exact) mass is 249 g/mol. The predicted molar refractivity (Wildman–Crippen MR) is 27.4 cm³/mol. The highest BCUT2D eigenvalue weighted by molar-refractivity contribution is 4.82. The molecule has 0 atom stereocenters. The highest BCUT2D eigenvalue weighted by Crippen LogP contribution is 2.36. The van der Waals surface area contributed by atoms with E-state index in [-0.39, 0.29) is 0 Å². The van der Waals surface area contributed by atoms with E-state index in [1.54, 1.807) is 0 Å². The number of alkyl halides is 8. The van der Waals surface area contributed by atoms with Gasteiger partial charge in [0.1, 0.15) is 0 Å². The van der Waals surface area contributed by atoms with Crippen molar-refractivity contribution in [3.8, 4) is 0 Å². The van der Waals surface area contributed by atoms with Gasteiger partial charge in [0.2, 0.25) is 0 Å². The summed E-state index contributed by atoms with van der Waals surface area (Å²) in [5.41, 5.74) is 0. The molecule has 0 saturated heterocycles. The zero-order valence-electron chi connectivity index (χ0n) is 6.42. The maximum Gasteiger partial charge on any atom is 0.432 e. The number of nitrogens with one attached hydrogen (secondary N) is 1. The van der Waals surface area contributed by atoms with Gasteiger partial charge in [-0.25, -0.2) is 0 Å². The van der Waals surface area contributed by atoms with Crippen molar-refractivity contribution in [2.45, 2.75) is 24.3 Å². The summed E-state index contributed by atoms with van der Waals surface area (Å²) in [4.78, 5) is 0. The Labute approximate surface area is 76.3 Å². The molecule has 0 aromatic carbocycles. The number of rotatable bonds is 4. The Morgan fingerprint density at radius 3 is 0.933 bits per heavy atom. The summed E-state index contributed by atoms with van der Waals surface area (Å²) in [5.74, 6) is 0. The van der Waals surface area contributed by atoms with Gasteiger partial charge >= 0.3 is 24.3 Å². The van der Waals surface area contributed by atoms with Crippen molar-refractivity contribution in [2.75, 3.05) is 0 Å². The lowest BCUT2D eigenvalue weighted by Gasteiger charge is -2.29. The third kappa shape index (κ3) is 3.14. The van der Waals surface area contributed by atoms with E-state index in [2.05, 4.69) is 0 Å². The minimum atomic E-state index is -6.04. The molecule has 0 bridgehead atoms. The molecule has 0 aliphatic carbocycles. The second-order valence-electron chi connectivity index (χ2n) is 2.36. The molecule has 0 aliphatic rings. The Balaban J connectivity index is 4.89. The van der Waals surface area contributed by atoms with E-state index < -0.39 is 29.6 Å². The normalized spacial score (nSPS) is 15.6. The second-order valence-corrected chi connectivity index (χ2v) is 2.36. The summed E-state index contributed by atoms with van der Waals surface area (Å²) in [7, 11) is 0. The molecule has 0 heterocycles. The first kappa shape index (κ1) is 14.3. The molecule has 15 heavy (non-hydrogen) atoms. The van der Waals surface area contributed by atoms with Crippen LogP contribution in [0.3, 0.4) is 0 Å². The lowest BCUT2D eigenvalue weighted by molar-refractivity contribution is -0.396. The molecule has 0 amide bonds. The number of aliphatic hydroxyl groups is 2. The fraction of sp³-hybridized carbons (Fsp3) is 1.00. The molecule has 11 heteroatoms. The third-order valence-electron chi connectivity index (χ3n) is 1.07. The smallest absolute Gasteiger partial charge is 0.330 e. The van der Waals surface area contributed by atoms with E-state index in [9.17, 15) is 35.1 Å². The van der Waals surface area contributed by atoms with Crippen LogP contribution in [0.1, 0.15) is 0 Å². The first-order chi connectivity index (χ1) is 6.21. The van der Waals surface area contributed by atoms with Gasteiger partial charge in [-0.1, -0.05) is 0 Å². The Kier molecular flexibility index (Phi) is 3.26. The molecule has 3 N–H and O–H groups in total. The molecule has 92 valence electrons. The summed E-state index contributed by atoms with van der Waals surface area (Å²) in [6.45, 7) is 0. The Morgan fingerprint density at radius 2 is 0.800 bits per heavy atom. The highest BCUT2D eigenvalue weighted by Gasteiger charge is 2.66. The Hall–Kier alpha value is -0.680.